The number of nitrogens with zero attached hydrogens (tertiary/aromatic N) is 1. The number of carbonyl (C=O) groups excluding carboxylic acids is 1. The summed E-state index contributed by atoms with van der Waals surface area (Å²) in [6.07, 6.45) is 0.136. The van der Waals surface area contributed by atoms with E-state index in [0.29, 0.717) is 11.3 Å². The highest BCUT2D eigenvalue weighted by Crippen LogP contribution is 2.31. The number of para-hydroxylation sites is 1. The molecule has 1 aliphatic heterocycles. The second kappa shape index (κ2) is 4.96. The Balaban J connectivity index is 2.10. The highest BCUT2D eigenvalue weighted by Gasteiger charge is 2.31. The number of sulfonamides is 1. The summed E-state index contributed by atoms with van der Waals surface area (Å²) in [6.45, 7) is 0.0928. The molecule has 2 aromatic carbocycles. The molecule has 0 spiro atoms. The van der Waals surface area contributed by atoms with Gasteiger partial charge in [0.1, 0.15) is 5.82 Å². The molecular formula is C15H12FNO3S. The van der Waals surface area contributed by atoms with Gasteiger partial charge in [0.2, 0.25) is 0 Å². The first-order chi connectivity index (χ1) is 10.00. The fraction of sp³-hybridized carbons (Fsp3) is 0.133. The third-order valence-electron chi connectivity index (χ3n) is 3.42. The fourth-order valence-electron chi connectivity index (χ4n) is 2.37. The minimum atomic E-state index is -3.80. The molecule has 0 bridgehead atoms. The molecule has 108 valence electrons. The molecule has 0 saturated carbocycles. The highest BCUT2D eigenvalue weighted by atomic mass is 32.2. The number of rotatable bonds is 2. The fourth-order valence-corrected chi connectivity index (χ4v) is 3.85. The van der Waals surface area contributed by atoms with Crippen molar-refractivity contribution in [3.8, 4) is 0 Å². The van der Waals surface area contributed by atoms with Crippen molar-refractivity contribution in [3.05, 3.63) is 59.9 Å². The van der Waals surface area contributed by atoms with E-state index in [0.717, 1.165) is 12.1 Å². The molecule has 4 nitrogen and oxygen atoms in total. The molecule has 0 aromatic heterocycles. The molecule has 2 aromatic rings. The quantitative estimate of drug-likeness (QED) is 0.857. The zero-order chi connectivity index (χ0) is 15.0. The Labute approximate surface area is 121 Å². The first kappa shape index (κ1) is 13.8. The van der Waals surface area contributed by atoms with Crippen molar-refractivity contribution in [3.63, 3.8) is 0 Å². The molecule has 0 aliphatic carbocycles. The normalized spacial score (nSPS) is 14.9. The predicted octanol–water partition coefficient (Wildman–Crippen LogP) is 2.61. The number of hydrogen-bond acceptors (Lipinski definition) is 3. The van der Waals surface area contributed by atoms with E-state index in [2.05, 4.69) is 0 Å². The van der Waals surface area contributed by atoms with Gasteiger partial charge >= 0.3 is 0 Å². The van der Waals surface area contributed by atoms with E-state index in [1.165, 1.54) is 16.4 Å². The zero-order valence-corrected chi connectivity index (χ0v) is 11.8. The minimum Gasteiger partial charge on any atom is -0.294 e. The van der Waals surface area contributed by atoms with Gasteiger partial charge in [0.15, 0.2) is 5.78 Å². The van der Waals surface area contributed by atoms with Crippen LogP contribution in [0.1, 0.15) is 16.8 Å². The maximum atomic E-state index is 13.0. The number of benzene rings is 2. The maximum absolute atomic E-state index is 13.0. The standard InChI is InChI=1S/C15H12FNO3S/c16-11-5-7-12(8-6-11)21(19,20)17-10-9-15(18)13-3-1-2-4-14(13)17/h1-8H,9-10H2. The van der Waals surface area contributed by atoms with Gasteiger partial charge in [-0.1, -0.05) is 12.1 Å². The predicted molar refractivity (Wildman–Crippen MR) is 76.3 cm³/mol. The average molecular weight is 305 g/mol. The molecule has 3 rings (SSSR count). The van der Waals surface area contributed by atoms with Gasteiger partial charge in [-0.15, -0.1) is 0 Å². The van der Waals surface area contributed by atoms with Crippen LogP contribution >= 0.6 is 0 Å². The van der Waals surface area contributed by atoms with Crippen molar-refractivity contribution in [1.82, 2.24) is 0 Å². The van der Waals surface area contributed by atoms with Crippen LogP contribution < -0.4 is 4.31 Å². The lowest BCUT2D eigenvalue weighted by molar-refractivity contribution is 0.0982. The van der Waals surface area contributed by atoms with Crippen LogP contribution in [-0.4, -0.2) is 20.7 Å². The molecule has 6 heteroatoms. The number of carbonyl (C=O) groups is 1. The molecule has 0 radical (unpaired) electrons. The van der Waals surface area contributed by atoms with E-state index < -0.39 is 15.8 Å². The SMILES string of the molecule is O=C1CCN(S(=O)(=O)c2ccc(F)cc2)c2ccccc21. The minimum absolute atomic E-state index is 0.00746. The molecular weight excluding hydrogens is 293 g/mol. The van der Waals surface area contributed by atoms with E-state index in [1.807, 2.05) is 0 Å². The van der Waals surface area contributed by atoms with Gasteiger partial charge in [-0.2, -0.15) is 0 Å². The average Bonchev–Trinajstić information content (AvgIpc) is 2.48. The Hall–Kier alpha value is -2.21. The summed E-state index contributed by atoms with van der Waals surface area (Å²) in [5.41, 5.74) is 0.771. The van der Waals surface area contributed by atoms with Crippen LogP contribution in [-0.2, 0) is 10.0 Å². The van der Waals surface area contributed by atoms with Crippen LogP contribution in [0.3, 0.4) is 0 Å². The Kier molecular flexibility index (Phi) is 3.25. The van der Waals surface area contributed by atoms with Crippen LogP contribution in [0.4, 0.5) is 10.1 Å². The molecule has 0 atom stereocenters. The zero-order valence-electron chi connectivity index (χ0n) is 11.0. The topological polar surface area (TPSA) is 54.5 Å². The molecule has 1 aliphatic rings. The van der Waals surface area contributed by atoms with Crippen molar-refractivity contribution < 1.29 is 17.6 Å². The summed E-state index contributed by atoms with van der Waals surface area (Å²) < 4.78 is 39.5. The van der Waals surface area contributed by atoms with E-state index >= 15 is 0 Å². The van der Waals surface area contributed by atoms with Crippen LogP contribution in [0.2, 0.25) is 0 Å². The molecule has 21 heavy (non-hydrogen) atoms. The summed E-state index contributed by atoms with van der Waals surface area (Å²) in [4.78, 5) is 11.9. The Morgan fingerprint density at radius 2 is 1.67 bits per heavy atom. The molecule has 0 saturated heterocycles. The van der Waals surface area contributed by atoms with Crippen LogP contribution in [0.5, 0.6) is 0 Å². The molecule has 0 unspecified atom stereocenters. The summed E-state index contributed by atoms with van der Waals surface area (Å²) in [6, 6.07) is 11.3. The van der Waals surface area contributed by atoms with E-state index in [9.17, 15) is 17.6 Å². The second-order valence-electron chi connectivity index (χ2n) is 4.72. The number of halogens is 1. The number of Topliss-reactive ketones (excluding diaryl/α,β-unsaturated/α-hetero) is 1. The van der Waals surface area contributed by atoms with E-state index in [4.69, 9.17) is 0 Å². The Morgan fingerprint density at radius 1 is 1.00 bits per heavy atom. The summed E-state index contributed by atoms with van der Waals surface area (Å²) in [5.74, 6) is -0.570. The van der Waals surface area contributed by atoms with Crippen LogP contribution in [0, 0.1) is 5.82 Å². The van der Waals surface area contributed by atoms with Gasteiger partial charge in [0.25, 0.3) is 10.0 Å². The van der Waals surface area contributed by atoms with E-state index in [1.54, 1.807) is 24.3 Å². The maximum Gasteiger partial charge on any atom is 0.264 e. The van der Waals surface area contributed by atoms with E-state index in [-0.39, 0.29) is 23.6 Å². The lowest BCUT2D eigenvalue weighted by Gasteiger charge is -2.29. The number of fused-ring (bicyclic) bond motifs is 1. The third kappa shape index (κ3) is 2.31. The van der Waals surface area contributed by atoms with Crippen molar-refractivity contribution in [2.24, 2.45) is 0 Å². The lowest BCUT2D eigenvalue weighted by atomic mass is 10.0. The Morgan fingerprint density at radius 3 is 2.38 bits per heavy atom. The van der Waals surface area contributed by atoms with Crippen molar-refractivity contribution >= 4 is 21.5 Å². The first-order valence-corrected chi connectivity index (χ1v) is 7.85. The second-order valence-corrected chi connectivity index (χ2v) is 6.58. The van der Waals surface area contributed by atoms with Crippen molar-refractivity contribution in [2.75, 3.05) is 10.8 Å². The van der Waals surface area contributed by atoms with Crippen LogP contribution in [0.15, 0.2) is 53.4 Å². The number of ketones is 1. The monoisotopic (exact) mass is 305 g/mol. The van der Waals surface area contributed by atoms with Gasteiger partial charge in [0.05, 0.1) is 10.6 Å². The van der Waals surface area contributed by atoms with Gasteiger partial charge in [-0.25, -0.2) is 12.8 Å². The van der Waals surface area contributed by atoms with Crippen LogP contribution in [0.25, 0.3) is 0 Å². The number of hydrogen-bond donors (Lipinski definition) is 0. The molecule has 0 fully saturated rings. The third-order valence-corrected chi connectivity index (χ3v) is 5.24. The van der Waals surface area contributed by atoms with Gasteiger partial charge in [0, 0.05) is 18.5 Å². The van der Waals surface area contributed by atoms with Crippen molar-refractivity contribution in [2.45, 2.75) is 11.3 Å². The Bertz CT molecular complexity index is 800. The summed E-state index contributed by atoms with van der Waals surface area (Å²) >= 11 is 0. The summed E-state index contributed by atoms with van der Waals surface area (Å²) in [5, 5.41) is 0. The smallest absolute Gasteiger partial charge is 0.264 e. The number of anilines is 1. The summed E-state index contributed by atoms with van der Waals surface area (Å²) in [7, 11) is -3.80. The highest BCUT2D eigenvalue weighted by molar-refractivity contribution is 7.92. The lowest BCUT2D eigenvalue weighted by Crippen LogP contribution is -2.37. The molecule has 0 amide bonds. The van der Waals surface area contributed by atoms with Gasteiger partial charge in [-0.05, 0) is 36.4 Å². The van der Waals surface area contributed by atoms with Crippen molar-refractivity contribution in [1.29, 1.82) is 0 Å². The van der Waals surface area contributed by atoms with Gasteiger partial charge < -0.3 is 0 Å². The molecule has 1 heterocycles. The largest absolute Gasteiger partial charge is 0.294 e. The molecule has 0 N–H and O–H groups in total. The first-order valence-electron chi connectivity index (χ1n) is 6.41. The van der Waals surface area contributed by atoms with Gasteiger partial charge in [-0.3, -0.25) is 9.10 Å².